The van der Waals surface area contributed by atoms with E-state index in [1.165, 1.54) is 28.8 Å². The third-order valence-corrected chi connectivity index (χ3v) is 5.71. The molecule has 3 heterocycles. The molecule has 2 N–H and O–H groups in total. The number of aromatic amines is 2. The van der Waals surface area contributed by atoms with Crippen LogP contribution in [0.25, 0.3) is 21.9 Å². The highest BCUT2D eigenvalue weighted by Crippen LogP contribution is 2.15. The van der Waals surface area contributed by atoms with Crippen LogP contribution in [0.4, 0.5) is 0 Å². The van der Waals surface area contributed by atoms with Crippen LogP contribution in [-0.4, -0.2) is 35.3 Å². The van der Waals surface area contributed by atoms with E-state index in [4.69, 9.17) is 0 Å². The van der Waals surface area contributed by atoms with Crippen LogP contribution < -0.4 is 16.8 Å². The van der Waals surface area contributed by atoms with Gasteiger partial charge in [-0.05, 0) is 23.8 Å². The Bertz CT molecular complexity index is 1750. The molecule has 0 radical (unpaired) electrons. The third-order valence-electron chi connectivity index (χ3n) is 5.71. The van der Waals surface area contributed by atoms with E-state index in [9.17, 15) is 19.2 Å². The van der Waals surface area contributed by atoms with Gasteiger partial charge >= 0.3 is 5.69 Å². The number of para-hydroxylation sites is 1. The van der Waals surface area contributed by atoms with Crippen LogP contribution >= 0.6 is 0 Å². The first-order valence-electron chi connectivity index (χ1n) is 10.8. The van der Waals surface area contributed by atoms with Gasteiger partial charge in [0.1, 0.15) is 11.5 Å². The fourth-order valence-corrected chi connectivity index (χ4v) is 3.93. The van der Waals surface area contributed by atoms with Crippen LogP contribution in [-0.2, 0) is 20.1 Å². The molecule has 0 aliphatic carbocycles. The van der Waals surface area contributed by atoms with E-state index in [1.807, 2.05) is 30.3 Å². The quantitative estimate of drug-likeness (QED) is 0.403. The number of rotatable bonds is 5. The molecule has 5 rings (SSSR count). The summed E-state index contributed by atoms with van der Waals surface area (Å²) in [5.41, 5.74) is 0.228. The zero-order chi connectivity index (χ0) is 24.5. The van der Waals surface area contributed by atoms with Gasteiger partial charge in [0.2, 0.25) is 0 Å². The SMILES string of the molecule is Cn1c(=O)[nH]c(=O)c2cc(C(=O)N(Cc3ccccc3)Cc3nc4ccccc4c(=O)[nH]3)cnc21. The summed E-state index contributed by atoms with van der Waals surface area (Å²) in [7, 11) is 1.48. The van der Waals surface area contributed by atoms with Gasteiger partial charge in [0.15, 0.2) is 0 Å². The normalized spacial score (nSPS) is 11.1. The Labute approximate surface area is 197 Å². The second-order valence-corrected chi connectivity index (χ2v) is 8.09. The molecule has 0 bridgehead atoms. The average Bonchev–Trinajstić information content (AvgIpc) is 2.87. The predicted octanol–water partition coefficient (Wildman–Crippen LogP) is 1.70. The lowest BCUT2D eigenvalue weighted by molar-refractivity contribution is 0.0725. The number of hydrogen-bond acceptors (Lipinski definition) is 6. The molecule has 10 nitrogen and oxygen atoms in total. The van der Waals surface area contributed by atoms with E-state index in [1.54, 1.807) is 24.3 Å². The first kappa shape index (κ1) is 22.0. The van der Waals surface area contributed by atoms with Crippen LogP contribution in [0.5, 0.6) is 0 Å². The summed E-state index contributed by atoms with van der Waals surface area (Å²) in [5.74, 6) is -0.0840. The Hall–Kier alpha value is -4.86. The molecule has 35 heavy (non-hydrogen) atoms. The summed E-state index contributed by atoms with van der Waals surface area (Å²) in [5, 5.41) is 0.579. The van der Waals surface area contributed by atoms with Crippen LogP contribution in [0, 0.1) is 0 Å². The van der Waals surface area contributed by atoms with Crippen molar-refractivity contribution in [2.75, 3.05) is 0 Å². The summed E-state index contributed by atoms with van der Waals surface area (Å²) in [6, 6.07) is 17.8. The number of nitrogens with one attached hydrogen (secondary N) is 2. The summed E-state index contributed by atoms with van der Waals surface area (Å²) < 4.78 is 1.20. The molecule has 0 saturated carbocycles. The molecule has 174 valence electrons. The highest BCUT2D eigenvalue weighted by atomic mass is 16.2. The lowest BCUT2D eigenvalue weighted by Gasteiger charge is -2.22. The van der Waals surface area contributed by atoms with Crippen molar-refractivity contribution in [1.29, 1.82) is 0 Å². The van der Waals surface area contributed by atoms with Gasteiger partial charge < -0.3 is 9.88 Å². The number of pyridine rings is 1. The van der Waals surface area contributed by atoms with E-state index in [0.29, 0.717) is 16.7 Å². The van der Waals surface area contributed by atoms with Gasteiger partial charge in [-0.1, -0.05) is 42.5 Å². The van der Waals surface area contributed by atoms with Gasteiger partial charge in [-0.2, -0.15) is 0 Å². The molecule has 0 aliphatic rings. The smallest absolute Gasteiger partial charge is 0.327 e. The molecule has 3 aromatic heterocycles. The molecule has 0 unspecified atom stereocenters. The molecule has 0 atom stereocenters. The Morgan fingerprint density at radius 3 is 2.43 bits per heavy atom. The number of amides is 1. The number of aryl methyl sites for hydroxylation is 1. The van der Waals surface area contributed by atoms with Crippen molar-refractivity contribution >= 4 is 27.8 Å². The molecule has 0 saturated heterocycles. The zero-order valence-electron chi connectivity index (χ0n) is 18.7. The van der Waals surface area contributed by atoms with Crippen molar-refractivity contribution < 1.29 is 4.79 Å². The topological polar surface area (TPSA) is 134 Å². The van der Waals surface area contributed by atoms with E-state index in [0.717, 1.165) is 5.56 Å². The summed E-state index contributed by atoms with van der Waals surface area (Å²) in [4.78, 5) is 65.6. The number of fused-ring (bicyclic) bond motifs is 2. The van der Waals surface area contributed by atoms with Crippen LogP contribution in [0.2, 0.25) is 0 Å². The number of carbonyl (C=O) groups is 1. The Morgan fingerprint density at radius 2 is 1.63 bits per heavy atom. The lowest BCUT2D eigenvalue weighted by Crippen LogP contribution is -2.33. The van der Waals surface area contributed by atoms with Crippen LogP contribution in [0.3, 0.4) is 0 Å². The van der Waals surface area contributed by atoms with E-state index in [-0.39, 0.29) is 35.2 Å². The van der Waals surface area contributed by atoms with Gasteiger partial charge in [0.25, 0.3) is 17.0 Å². The molecular formula is C25H20N6O4. The van der Waals surface area contributed by atoms with Gasteiger partial charge in [0.05, 0.1) is 28.4 Å². The van der Waals surface area contributed by atoms with Crippen molar-refractivity contribution in [2.45, 2.75) is 13.1 Å². The van der Waals surface area contributed by atoms with E-state index < -0.39 is 17.2 Å². The molecule has 0 spiro atoms. The number of aromatic nitrogens is 5. The first-order chi connectivity index (χ1) is 16.9. The van der Waals surface area contributed by atoms with Crippen LogP contribution in [0.15, 0.2) is 81.2 Å². The van der Waals surface area contributed by atoms with Crippen molar-refractivity contribution in [2.24, 2.45) is 7.05 Å². The number of carbonyl (C=O) groups excluding carboxylic acids is 1. The molecule has 0 fully saturated rings. The molecule has 0 aliphatic heterocycles. The Balaban J connectivity index is 1.57. The van der Waals surface area contributed by atoms with Crippen LogP contribution in [0.1, 0.15) is 21.7 Å². The number of benzene rings is 2. The minimum atomic E-state index is -0.625. The molecular weight excluding hydrogens is 448 g/mol. The second-order valence-electron chi connectivity index (χ2n) is 8.09. The van der Waals surface area contributed by atoms with E-state index in [2.05, 4.69) is 19.9 Å². The fourth-order valence-electron chi connectivity index (χ4n) is 3.93. The summed E-state index contributed by atoms with van der Waals surface area (Å²) >= 11 is 0. The van der Waals surface area contributed by atoms with Crippen molar-refractivity contribution in [3.63, 3.8) is 0 Å². The monoisotopic (exact) mass is 468 g/mol. The third kappa shape index (κ3) is 4.24. The second kappa shape index (κ2) is 8.82. The predicted molar refractivity (Wildman–Crippen MR) is 130 cm³/mol. The van der Waals surface area contributed by atoms with Crippen molar-refractivity contribution in [3.05, 3.63) is 115 Å². The molecule has 5 aromatic rings. The van der Waals surface area contributed by atoms with Gasteiger partial charge in [-0.3, -0.25) is 23.9 Å². The molecule has 1 amide bonds. The lowest BCUT2D eigenvalue weighted by atomic mass is 10.1. The molecule has 10 heteroatoms. The zero-order valence-corrected chi connectivity index (χ0v) is 18.7. The highest BCUT2D eigenvalue weighted by molar-refractivity contribution is 5.96. The van der Waals surface area contributed by atoms with Gasteiger partial charge in [-0.15, -0.1) is 0 Å². The van der Waals surface area contributed by atoms with Crippen molar-refractivity contribution in [3.8, 4) is 0 Å². The number of hydrogen-bond donors (Lipinski definition) is 2. The maximum atomic E-state index is 13.6. The maximum absolute atomic E-state index is 13.6. The largest absolute Gasteiger partial charge is 0.329 e. The van der Waals surface area contributed by atoms with Gasteiger partial charge in [-0.25, -0.2) is 14.8 Å². The fraction of sp³-hybridized carbons (Fsp3) is 0.120. The summed E-state index contributed by atoms with van der Waals surface area (Å²) in [6.45, 7) is 0.257. The Morgan fingerprint density at radius 1 is 0.914 bits per heavy atom. The van der Waals surface area contributed by atoms with Gasteiger partial charge in [0, 0.05) is 19.8 Å². The van der Waals surface area contributed by atoms with Crippen molar-refractivity contribution in [1.82, 2.24) is 29.4 Å². The number of nitrogens with zero attached hydrogens (tertiary/aromatic N) is 4. The van der Waals surface area contributed by atoms with E-state index >= 15 is 0 Å². The standard InChI is InChI=1S/C25H20N6O4/c1-30-21-18(23(33)29-25(30)35)11-16(12-26-21)24(34)31(13-15-7-3-2-4-8-15)14-20-27-19-10-6-5-9-17(19)22(32)28-20/h2-12H,13-14H2,1H3,(H,27,28,32)(H,29,33,35). The minimum absolute atomic E-state index is 0.0233. The highest BCUT2D eigenvalue weighted by Gasteiger charge is 2.20. The number of H-pyrrole nitrogens is 2. The first-order valence-corrected chi connectivity index (χ1v) is 10.8. The summed E-state index contributed by atoms with van der Waals surface area (Å²) in [6.07, 6.45) is 1.33. The molecule has 2 aromatic carbocycles. The Kier molecular flexibility index (Phi) is 5.54. The minimum Gasteiger partial charge on any atom is -0.327 e. The average molecular weight is 468 g/mol. The maximum Gasteiger partial charge on any atom is 0.329 e.